The Labute approximate surface area is 205 Å². The van der Waals surface area contributed by atoms with Crippen molar-refractivity contribution in [1.29, 1.82) is 0 Å². The van der Waals surface area contributed by atoms with Gasteiger partial charge in [0.05, 0.1) is 12.8 Å². The summed E-state index contributed by atoms with van der Waals surface area (Å²) in [7, 11) is 1.62. The molecule has 1 aliphatic rings. The zero-order valence-corrected chi connectivity index (χ0v) is 20.6. The highest BCUT2D eigenvalue weighted by atomic mass is 16.5. The van der Waals surface area contributed by atoms with E-state index in [-0.39, 0.29) is 5.57 Å². The summed E-state index contributed by atoms with van der Waals surface area (Å²) in [6.07, 6.45) is 2.53. The molecule has 7 nitrogen and oxygen atoms in total. The summed E-state index contributed by atoms with van der Waals surface area (Å²) >= 11 is 0. The topological polar surface area (TPSA) is 80.6 Å². The number of ether oxygens (including phenoxy) is 1. The Morgan fingerprint density at radius 1 is 0.971 bits per heavy atom. The zero-order valence-electron chi connectivity index (χ0n) is 20.6. The van der Waals surface area contributed by atoms with Crippen molar-refractivity contribution in [1.82, 2.24) is 9.88 Å². The van der Waals surface area contributed by atoms with Crippen molar-refractivity contribution in [2.75, 3.05) is 12.0 Å². The molecule has 0 spiro atoms. The summed E-state index contributed by atoms with van der Waals surface area (Å²) in [5.41, 5.74) is 4.91. The van der Waals surface area contributed by atoms with Gasteiger partial charge in [-0.3, -0.25) is 14.9 Å². The van der Waals surface area contributed by atoms with Gasteiger partial charge in [0.15, 0.2) is 0 Å². The van der Waals surface area contributed by atoms with E-state index >= 15 is 0 Å². The number of benzene rings is 2. The fourth-order valence-electron chi connectivity index (χ4n) is 4.30. The first kappa shape index (κ1) is 24.0. The van der Waals surface area contributed by atoms with Gasteiger partial charge in [-0.05, 0) is 85.9 Å². The molecule has 0 unspecified atom stereocenters. The van der Waals surface area contributed by atoms with Crippen LogP contribution < -0.4 is 15.0 Å². The summed E-state index contributed by atoms with van der Waals surface area (Å²) in [4.78, 5) is 39.6. The number of carbonyl (C=O) groups is 3. The van der Waals surface area contributed by atoms with Gasteiger partial charge in [0.2, 0.25) is 0 Å². The molecule has 1 atom stereocenters. The van der Waals surface area contributed by atoms with Crippen molar-refractivity contribution in [3.8, 4) is 11.4 Å². The highest BCUT2D eigenvalue weighted by molar-refractivity contribution is 6.39. The molecule has 2 aromatic carbocycles. The Morgan fingerprint density at radius 2 is 1.60 bits per heavy atom. The maximum Gasteiger partial charge on any atom is 0.335 e. The molecular formula is C28H29N3O4. The van der Waals surface area contributed by atoms with Gasteiger partial charge >= 0.3 is 6.03 Å². The van der Waals surface area contributed by atoms with Crippen molar-refractivity contribution >= 4 is 29.6 Å². The van der Waals surface area contributed by atoms with Crippen LogP contribution in [0.25, 0.3) is 11.8 Å². The number of carbonyl (C=O) groups excluding carboxylic acids is 3. The third-order valence-electron chi connectivity index (χ3n) is 6.54. The minimum absolute atomic E-state index is 0.0921. The monoisotopic (exact) mass is 471 g/mol. The Bertz CT molecular complexity index is 1320. The van der Waals surface area contributed by atoms with Crippen molar-refractivity contribution < 1.29 is 19.1 Å². The van der Waals surface area contributed by atoms with E-state index in [0.29, 0.717) is 11.6 Å². The summed E-state index contributed by atoms with van der Waals surface area (Å²) in [5, 5.41) is 2.30. The molecule has 1 aromatic heterocycles. The standard InChI is InChI=1S/C28H29N3O4/c1-6-17(2)20-7-9-23(10-8-20)31-27(33)25(26(32)29-28(31)34)16-21-15-18(3)30(19(21)4)22-11-13-24(35-5)14-12-22/h7-17H,6H2,1-5H3,(H,29,32,34)/b25-16+/t17-/m0/s1. The molecule has 2 heterocycles. The quantitative estimate of drug-likeness (QED) is 0.392. The van der Waals surface area contributed by atoms with Crippen molar-refractivity contribution in [3.05, 3.63) is 82.7 Å². The number of amides is 4. The van der Waals surface area contributed by atoms with E-state index in [1.165, 1.54) is 0 Å². The minimum Gasteiger partial charge on any atom is -0.497 e. The smallest absolute Gasteiger partial charge is 0.335 e. The Hall–Kier alpha value is -4.13. The van der Waals surface area contributed by atoms with Crippen LogP contribution in [0.4, 0.5) is 10.5 Å². The molecule has 0 bridgehead atoms. The van der Waals surface area contributed by atoms with Gasteiger partial charge in [0.25, 0.3) is 11.8 Å². The lowest BCUT2D eigenvalue weighted by Crippen LogP contribution is -2.54. The van der Waals surface area contributed by atoms with Crippen molar-refractivity contribution in [2.24, 2.45) is 0 Å². The molecule has 1 aliphatic heterocycles. The fourth-order valence-corrected chi connectivity index (χ4v) is 4.30. The number of nitrogens with one attached hydrogen (secondary N) is 1. The molecule has 0 saturated carbocycles. The van der Waals surface area contributed by atoms with Gasteiger partial charge in [-0.1, -0.05) is 26.0 Å². The largest absolute Gasteiger partial charge is 0.497 e. The van der Waals surface area contributed by atoms with E-state index < -0.39 is 17.8 Å². The van der Waals surface area contributed by atoms with Gasteiger partial charge < -0.3 is 9.30 Å². The number of nitrogens with zero attached hydrogens (tertiary/aromatic N) is 2. The van der Waals surface area contributed by atoms with Crippen molar-refractivity contribution in [3.63, 3.8) is 0 Å². The summed E-state index contributed by atoms with van der Waals surface area (Å²) < 4.78 is 7.28. The van der Waals surface area contributed by atoms with E-state index in [9.17, 15) is 14.4 Å². The highest BCUT2D eigenvalue weighted by Gasteiger charge is 2.37. The second kappa shape index (κ2) is 9.62. The van der Waals surface area contributed by atoms with E-state index in [4.69, 9.17) is 4.74 Å². The predicted molar refractivity (Wildman–Crippen MR) is 136 cm³/mol. The molecular weight excluding hydrogens is 442 g/mol. The van der Waals surface area contributed by atoms with E-state index in [2.05, 4.69) is 19.2 Å². The first-order valence-electron chi connectivity index (χ1n) is 11.6. The SMILES string of the molecule is CC[C@H](C)c1ccc(N2C(=O)NC(=O)/C(=C\c3cc(C)n(-c4ccc(OC)cc4)c3C)C2=O)cc1. The molecule has 1 saturated heterocycles. The van der Waals surface area contributed by atoms with Crippen LogP contribution in [0.3, 0.4) is 0 Å². The van der Waals surface area contributed by atoms with Gasteiger partial charge in [0, 0.05) is 17.1 Å². The Morgan fingerprint density at radius 3 is 2.20 bits per heavy atom. The number of barbiturate groups is 1. The summed E-state index contributed by atoms with van der Waals surface area (Å²) in [6.45, 7) is 8.10. The van der Waals surface area contributed by atoms with Crippen LogP contribution in [0.1, 0.15) is 48.7 Å². The summed E-state index contributed by atoms with van der Waals surface area (Å²) in [6, 6.07) is 16.1. The first-order valence-corrected chi connectivity index (χ1v) is 11.6. The average molecular weight is 472 g/mol. The number of aryl methyl sites for hydroxylation is 1. The summed E-state index contributed by atoms with van der Waals surface area (Å²) in [5.74, 6) is -0.232. The van der Waals surface area contributed by atoms with Crippen LogP contribution >= 0.6 is 0 Å². The molecule has 0 aliphatic carbocycles. The molecule has 180 valence electrons. The molecule has 3 aromatic rings. The number of aromatic nitrogens is 1. The molecule has 35 heavy (non-hydrogen) atoms. The van der Waals surface area contributed by atoms with Crippen LogP contribution in [0.5, 0.6) is 5.75 Å². The number of hydrogen-bond acceptors (Lipinski definition) is 4. The van der Waals surface area contributed by atoms with Crippen LogP contribution in [0, 0.1) is 13.8 Å². The van der Waals surface area contributed by atoms with Crippen LogP contribution in [-0.4, -0.2) is 29.5 Å². The average Bonchev–Trinajstić information content (AvgIpc) is 3.14. The highest BCUT2D eigenvalue weighted by Crippen LogP contribution is 2.28. The van der Waals surface area contributed by atoms with Gasteiger partial charge in [0.1, 0.15) is 11.3 Å². The van der Waals surface area contributed by atoms with Crippen molar-refractivity contribution in [2.45, 2.75) is 40.0 Å². The van der Waals surface area contributed by atoms with Crippen LogP contribution in [0.15, 0.2) is 60.2 Å². The number of hydrogen-bond donors (Lipinski definition) is 1. The molecule has 4 amide bonds. The van der Waals surface area contributed by atoms with E-state index in [1.54, 1.807) is 25.3 Å². The van der Waals surface area contributed by atoms with E-state index in [1.807, 2.05) is 60.9 Å². The van der Waals surface area contributed by atoms with Gasteiger partial charge in [-0.25, -0.2) is 9.69 Å². The maximum atomic E-state index is 13.3. The molecule has 0 radical (unpaired) electrons. The van der Waals surface area contributed by atoms with E-state index in [0.717, 1.165) is 45.3 Å². The second-order valence-electron chi connectivity index (χ2n) is 8.72. The minimum atomic E-state index is -0.753. The number of rotatable bonds is 6. The van der Waals surface area contributed by atoms with Crippen LogP contribution in [0.2, 0.25) is 0 Å². The molecule has 1 N–H and O–H groups in total. The zero-order chi connectivity index (χ0) is 25.3. The predicted octanol–water partition coefficient (Wildman–Crippen LogP) is 5.28. The van der Waals surface area contributed by atoms with Gasteiger partial charge in [-0.2, -0.15) is 0 Å². The maximum absolute atomic E-state index is 13.3. The lowest BCUT2D eigenvalue weighted by Gasteiger charge is -2.26. The third-order valence-corrected chi connectivity index (χ3v) is 6.54. The Balaban J connectivity index is 1.69. The fraction of sp³-hybridized carbons (Fsp3) is 0.250. The second-order valence-corrected chi connectivity index (χ2v) is 8.72. The lowest BCUT2D eigenvalue weighted by atomic mass is 9.98. The molecule has 4 rings (SSSR count). The normalized spacial score (nSPS) is 16.0. The lowest BCUT2D eigenvalue weighted by molar-refractivity contribution is -0.122. The number of anilines is 1. The molecule has 1 fully saturated rings. The van der Waals surface area contributed by atoms with Gasteiger partial charge in [-0.15, -0.1) is 0 Å². The van der Waals surface area contributed by atoms with Crippen LogP contribution in [-0.2, 0) is 9.59 Å². The number of methoxy groups -OCH3 is 1. The Kier molecular flexibility index (Phi) is 6.60. The third kappa shape index (κ3) is 4.49. The first-order chi connectivity index (χ1) is 16.7. The number of imide groups is 2. The number of urea groups is 1. The molecule has 7 heteroatoms.